The van der Waals surface area contributed by atoms with Crippen LogP contribution in [0.3, 0.4) is 0 Å². The molecule has 3 rings (SSSR count). The third-order valence-corrected chi connectivity index (χ3v) is 7.24. The molecule has 1 saturated heterocycles. The fourth-order valence-electron chi connectivity index (χ4n) is 3.88. The monoisotopic (exact) mass is 487 g/mol. The van der Waals surface area contributed by atoms with Crippen molar-refractivity contribution in [3.05, 3.63) is 59.7 Å². The highest BCUT2D eigenvalue weighted by atomic mass is 32.2. The van der Waals surface area contributed by atoms with E-state index in [0.717, 1.165) is 5.56 Å². The number of nitrogens with one attached hydrogen (secondary N) is 2. The Hall–Kier alpha value is -2.75. The van der Waals surface area contributed by atoms with Crippen LogP contribution in [-0.4, -0.2) is 49.8 Å². The lowest BCUT2D eigenvalue weighted by Crippen LogP contribution is -2.48. The molecule has 2 aromatic rings. The molecular weight excluding hydrogens is 454 g/mol. The van der Waals surface area contributed by atoms with Crippen molar-refractivity contribution in [3.8, 4) is 0 Å². The molecule has 1 aliphatic rings. The molecule has 184 valence electrons. The average Bonchev–Trinajstić information content (AvgIpc) is 2.76. The number of carbonyl (C=O) groups is 2. The van der Waals surface area contributed by atoms with Crippen LogP contribution in [0.4, 0.5) is 5.69 Å². The molecule has 0 bridgehead atoms. The molecule has 0 aliphatic carbocycles. The van der Waals surface area contributed by atoms with Crippen molar-refractivity contribution in [3.63, 3.8) is 0 Å². The summed E-state index contributed by atoms with van der Waals surface area (Å²) in [6, 6.07) is 13.2. The topological polar surface area (TPSA) is 105 Å². The third kappa shape index (κ3) is 6.88. The first-order chi connectivity index (χ1) is 16.0. The number of ether oxygens (including phenoxy) is 1. The number of sulfonamides is 1. The van der Waals surface area contributed by atoms with Gasteiger partial charge in [0, 0.05) is 37.3 Å². The van der Waals surface area contributed by atoms with Gasteiger partial charge in [-0.3, -0.25) is 9.59 Å². The molecule has 2 unspecified atom stereocenters. The SMILES string of the molecule is CC(C)CC(=O)Nc1cccc(CNC(=O)c2ccc(S(=O)(=O)N3CC(C)OC(C)C3)cc2)c1. The highest BCUT2D eigenvalue weighted by Gasteiger charge is 2.32. The van der Waals surface area contributed by atoms with Crippen LogP contribution >= 0.6 is 0 Å². The Bertz CT molecular complexity index is 1110. The van der Waals surface area contributed by atoms with Crippen LogP contribution in [0.25, 0.3) is 0 Å². The molecule has 2 atom stereocenters. The highest BCUT2D eigenvalue weighted by molar-refractivity contribution is 7.89. The Morgan fingerprint density at radius 2 is 1.71 bits per heavy atom. The van der Waals surface area contributed by atoms with Crippen LogP contribution in [0.1, 0.15) is 50.0 Å². The van der Waals surface area contributed by atoms with Crippen molar-refractivity contribution in [1.82, 2.24) is 9.62 Å². The van der Waals surface area contributed by atoms with Gasteiger partial charge in [0.1, 0.15) is 0 Å². The Balaban J connectivity index is 1.60. The fourth-order valence-corrected chi connectivity index (χ4v) is 5.47. The molecule has 0 radical (unpaired) electrons. The van der Waals surface area contributed by atoms with Gasteiger partial charge in [-0.15, -0.1) is 0 Å². The first-order valence-corrected chi connectivity index (χ1v) is 12.9. The average molecular weight is 488 g/mol. The summed E-state index contributed by atoms with van der Waals surface area (Å²) in [6.07, 6.45) is 0.0900. The second-order valence-electron chi connectivity index (χ2n) is 9.13. The lowest BCUT2D eigenvalue weighted by atomic mass is 10.1. The van der Waals surface area contributed by atoms with Crippen molar-refractivity contribution in [2.24, 2.45) is 5.92 Å². The summed E-state index contributed by atoms with van der Waals surface area (Å²) in [7, 11) is -3.66. The van der Waals surface area contributed by atoms with Gasteiger partial charge in [-0.25, -0.2) is 8.42 Å². The van der Waals surface area contributed by atoms with Gasteiger partial charge in [-0.05, 0) is 61.7 Å². The van der Waals surface area contributed by atoms with Gasteiger partial charge in [0.15, 0.2) is 0 Å². The summed E-state index contributed by atoms with van der Waals surface area (Å²) in [5.74, 6) is -0.0936. The molecule has 1 aliphatic heterocycles. The molecule has 9 heteroatoms. The number of benzene rings is 2. The van der Waals surface area contributed by atoms with E-state index < -0.39 is 10.0 Å². The molecule has 1 heterocycles. The summed E-state index contributed by atoms with van der Waals surface area (Å²) in [6.45, 7) is 8.53. The predicted molar refractivity (Wildman–Crippen MR) is 131 cm³/mol. The van der Waals surface area contributed by atoms with E-state index in [2.05, 4.69) is 10.6 Å². The minimum absolute atomic E-state index is 0.0489. The van der Waals surface area contributed by atoms with E-state index in [1.807, 2.05) is 45.9 Å². The van der Waals surface area contributed by atoms with Crippen LogP contribution in [0.5, 0.6) is 0 Å². The van der Waals surface area contributed by atoms with Gasteiger partial charge in [-0.2, -0.15) is 4.31 Å². The number of hydrogen-bond acceptors (Lipinski definition) is 5. The maximum Gasteiger partial charge on any atom is 0.251 e. The van der Waals surface area contributed by atoms with Gasteiger partial charge < -0.3 is 15.4 Å². The van der Waals surface area contributed by atoms with E-state index in [1.54, 1.807) is 6.07 Å². The van der Waals surface area contributed by atoms with Gasteiger partial charge in [0.25, 0.3) is 5.91 Å². The quantitative estimate of drug-likeness (QED) is 0.594. The first-order valence-electron chi connectivity index (χ1n) is 11.5. The Morgan fingerprint density at radius 3 is 2.32 bits per heavy atom. The molecule has 2 amide bonds. The standard InChI is InChI=1S/C25H33N3O5S/c1-17(2)12-24(29)27-22-7-5-6-20(13-22)14-26-25(30)21-8-10-23(11-9-21)34(31,32)28-15-18(3)33-19(4)16-28/h5-11,13,17-19H,12,14-16H2,1-4H3,(H,26,30)(H,27,29). The molecule has 2 aromatic carbocycles. The summed E-state index contributed by atoms with van der Waals surface area (Å²) in [5, 5.41) is 5.70. The number of nitrogens with zero attached hydrogens (tertiary/aromatic N) is 1. The smallest absolute Gasteiger partial charge is 0.251 e. The predicted octanol–water partition coefficient (Wildman–Crippen LogP) is 3.40. The molecule has 8 nitrogen and oxygen atoms in total. The maximum absolute atomic E-state index is 13.0. The van der Waals surface area contributed by atoms with Crippen molar-refractivity contribution < 1.29 is 22.7 Å². The normalized spacial score (nSPS) is 19.1. The fraction of sp³-hybridized carbons (Fsp3) is 0.440. The zero-order chi connectivity index (χ0) is 24.9. The number of anilines is 1. The molecule has 0 aromatic heterocycles. The second kappa shape index (κ2) is 11.1. The van der Waals surface area contributed by atoms with E-state index in [4.69, 9.17) is 4.74 Å². The number of amides is 2. The molecule has 2 N–H and O–H groups in total. The number of morpholine rings is 1. The Kier molecular flexibility index (Phi) is 8.46. The van der Waals surface area contributed by atoms with E-state index in [0.29, 0.717) is 30.8 Å². The minimum Gasteiger partial charge on any atom is -0.373 e. The molecular formula is C25H33N3O5S. The van der Waals surface area contributed by atoms with Gasteiger partial charge >= 0.3 is 0 Å². The zero-order valence-electron chi connectivity index (χ0n) is 20.1. The third-order valence-electron chi connectivity index (χ3n) is 5.40. The number of rotatable bonds is 8. The van der Waals surface area contributed by atoms with E-state index >= 15 is 0 Å². The number of carbonyl (C=O) groups excluding carboxylic acids is 2. The van der Waals surface area contributed by atoms with Crippen LogP contribution in [0.15, 0.2) is 53.4 Å². The van der Waals surface area contributed by atoms with Crippen LogP contribution < -0.4 is 10.6 Å². The van der Waals surface area contributed by atoms with E-state index in [1.165, 1.54) is 28.6 Å². The summed E-state index contributed by atoms with van der Waals surface area (Å²) < 4.78 is 33.0. The lowest BCUT2D eigenvalue weighted by molar-refractivity contribution is -0.116. The highest BCUT2D eigenvalue weighted by Crippen LogP contribution is 2.21. The van der Waals surface area contributed by atoms with Crippen LogP contribution in [0, 0.1) is 5.92 Å². The largest absolute Gasteiger partial charge is 0.373 e. The lowest BCUT2D eigenvalue weighted by Gasteiger charge is -2.34. The molecule has 34 heavy (non-hydrogen) atoms. The minimum atomic E-state index is -3.66. The number of hydrogen-bond donors (Lipinski definition) is 2. The van der Waals surface area contributed by atoms with E-state index in [9.17, 15) is 18.0 Å². The summed E-state index contributed by atoms with van der Waals surface area (Å²) in [4.78, 5) is 24.7. The van der Waals surface area contributed by atoms with Gasteiger partial charge in [0.2, 0.25) is 15.9 Å². The molecule has 0 saturated carbocycles. The van der Waals surface area contributed by atoms with Crippen molar-refractivity contribution in [2.45, 2.75) is 57.8 Å². The second-order valence-corrected chi connectivity index (χ2v) is 11.1. The molecule has 1 fully saturated rings. The van der Waals surface area contributed by atoms with Crippen LogP contribution in [0.2, 0.25) is 0 Å². The summed E-state index contributed by atoms with van der Waals surface area (Å²) >= 11 is 0. The molecule has 0 spiro atoms. The van der Waals surface area contributed by atoms with Gasteiger partial charge in [-0.1, -0.05) is 26.0 Å². The Morgan fingerprint density at radius 1 is 1.06 bits per heavy atom. The van der Waals surface area contributed by atoms with Crippen LogP contribution in [-0.2, 0) is 26.1 Å². The van der Waals surface area contributed by atoms with Gasteiger partial charge in [0.05, 0.1) is 17.1 Å². The maximum atomic E-state index is 13.0. The Labute approximate surface area is 201 Å². The summed E-state index contributed by atoms with van der Waals surface area (Å²) in [5.41, 5.74) is 1.88. The van der Waals surface area contributed by atoms with E-state index in [-0.39, 0.29) is 41.4 Å². The van der Waals surface area contributed by atoms with Crippen molar-refractivity contribution in [1.29, 1.82) is 0 Å². The zero-order valence-corrected chi connectivity index (χ0v) is 20.9. The first kappa shape index (κ1) is 25.9. The van der Waals surface area contributed by atoms with Crippen molar-refractivity contribution >= 4 is 27.5 Å². The van der Waals surface area contributed by atoms with Crippen molar-refractivity contribution in [2.75, 3.05) is 18.4 Å².